The van der Waals surface area contributed by atoms with E-state index in [0.29, 0.717) is 137 Å². The number of alkyl halides is 1. The van der Waals surface area contributed by atoms with Gasteiger partial charge in [-0.25, -0.2) is 10.9 Å². The van der Waals surface area contributed by atoms with E-state index in [1.165, 1.54) is 5.71 Å². The summed E-state index contributed by atoms with van der Waals surface area (Å²) in [5.41, 5.74) is 8.22. The average molecular weight is 792 g/mol. The molecule has 2 saturated carbocycles. The first-order valence-electron chi connectivity index (χ1n) is 20.4. The maximum Gasteiger partial charge on any atom is 0.222 e. The molecule has 2 heterocycles. The lowest BCUT2D eigenvalue weighted by atomic mass is 9.72. The third-order valence-electron chi connectivity index (χ3n) is 10.6. The Morgan fingerprint density at radius 2 is 1.26 bits per heavy atom. The largest absolute Gasteiger partial charge is 0.381 e. The van der Waals surface area contributed by atoms with Gasteiger partial charge in [0.2, 0.25) is 5.91 Å². The van der Waals surface area contributed by atoms with Crippen LogP contribution in [0.5, 0.6) is 0 Å². The summed E-state index contributed by atoms with van der Waals surface area (Å²) in [6.07, 6.45) is 7.88. The number of halogens is 1. The van der Waals surface area contributed by atoms with Gasteiger partial charge in [-0.2, -0.15) is 0 Å². The van der Waals surface area contributed by atoms with Gasteiger partial charge in [-0.15, -0.1) is 11.6 Å². The summed E-state index contributed by atoms with van der Waals surface area (Å²) in [5.74, 6) is 0.713. The Hall–Kier alpha value is -1.05. The fourth-order valence-corrected chi connectivity index (χ4v) is 8.12. The smallest absolute Gasteiger partial charge is 0.222 e. The minimum absolute atomic E-state index is 0.0154. The molecule has 0 spiro atoms. The molecule has 0 aromatic heterocycles. The molecule has 16 heteroatoms. The van der Waals surface area contributed by atoms with Gasteiger partial charge in [-0.3, -0.25) is 14.7 Å². The summed E-state index contributed by atoms with van der Waals surface area (Å²) < 4.78 is 49.8. The lowest BCUT2D eigenvalue weighted by molar-refractivity contribution is -0.122. The molecule has 0 aromatic carbocycles. The monoisotopic (exact) mass is 791 g/mol. The fraction of sp³-hybridized carbons (Fsp3) is 0.947. The lowest BCUT2D eigenvalue weighted by Gasteiger charge is -2.44. The summed E-state index contributed by atoms with van der Waals surface area (Å²) >= 11 is 6.52. The molecule has 3 N–H and O–H groups in total. The predicted octanol–water partition coefficient (Wildman–Crippen LogP) is 2.53. The molecule has 1 amide bonds. The van der Waals surface area contributed by atoms with E-state index < -0.39 is 0 Å². The van der Waals surface area contributed by atoms with E-state index in [4.69, 9.17) is 59.2 Å². The number of ether oxygens (including phenoxy) is 9. The van der Waals surface area contributed by atoms with Gasteiger partial charge in [0.25, 0.3) is 0 Å². The minimum atomic E-state index is -0.196. The first-order valence-corrected chi connectivity index (χ1v) is 20.9. The van der Waals surface area contributed by atoms with Crippen LogP contribution >= 0.6 is 11.6 Å². The average Bonchev–Trinajstić information content (AvgIpc) is 3.51. The Morgan fingerprint density at radius 1 is 0.741 bits per heavy atom. The highest BCUT2D eigenvalue weighted by molar-refractivity contribution is 6.20. The lowest BCUT2D eigenvalue weighted by Crippen LogP contribution is -2.55. The van der Waals surface area contributed by atoms with Gasteiger partial charge in [-0.05, 0) is 64.7 Å². The van der Waals surface area contributed by atoms with Crippen molar-refractivity contribution in [3.8, 4) is 0 Å². The van der Waals surface area contributed by atoms with Crippen LogP contribution in [0.15, 0.2) is 4.99 Å². The number of nitrogens with one attached hydrogen (secondary N) is 3. The zero-order valence-electron chi connectivity index (χ0n) is 33.2. The van der Waals surface area contributed by atoms with Gasteiger partial charge in [0.1, 0.15) is 0 Å². The first-order chi connectivity index (χ1) is 26.5. The maximum absolute atomic E-state index is 13.3. The van der Waals surface area contributed by atoms with Crippen molar-refractivity contribution in [1.82, 2.24) is 21.1 Å². The van der Waals surface area contributed by atoms with Crippen molar-refractivity contribution in [3.63, 3.8) is 0 Å². The number of aliphatic imine (C=N–C) groups is 1. The number of methoxy groups -OCH3 is 1. The molecule has 0 aromatic rings. The standard InChI is InChI=1S/C38H70ClN5O10/c1-4-47-13-14-49-17-18-51-21-22-53-25-26-54-24-23-52-20-19-50-16-15-48-12-11-40-36(45)28-34-38-43-42-29(2)44(38)35-10-9-32(46-3)27-33(35)37(41-34)30-5-7-31(39)8-6-30/h29-35,38,42-43H,4-28H2,1-3H3,(H,40,45)/t29?,30?,31?,32?,33?,34-,35?,38?/m0/s1. The van der Waals surface area contributed by atoms with Crippen LogP contribution in [0.25, 0.3) is 0 Å². The van der Waals surface area contributed by atoms with E-state index in [1.807, 2.05) is 14.0 Å². The first kappa shape index (κ1) is 45.6. The Bertz CT molecular complexity index is 1030. The van der Waals surface area contributed by atoms with E-state index >= 15 is 0 Å². The Balaban J connectivity index is 1.01. The Labute approximate surface area is 328 Å². The van der Waals surface area contributed by atoms with Crippen LogP contribution in [0.3, 0.4) is 0 Å². The van der Waals surface area contributed by atoms with Crippen LogP contribution in [-0.2, 0) is 47.4 Å². The van der Waals surface area contributed by atoms with Crippen LogP contribution < -0.4 is 16.2 Å². The van der Waals surface area contributed by atoms with Crippen LogP contribution in [-0.4, -0.2) is 172 Å². The van der Waals surface area contributed by atoms with Gasteiger partial charge in [-0.1, -0.05) is 0 Å². The zero-order chi connectivity index (χ0) is 38.2. The molecule has 4 aliphatic rings. The van der Waals surface area contributed by atoms with E-state index in [9.17, 15) is 4.79 Å². The molecular weight excluding hydrogens is 722 g/mol. The van der Waals surface area contributed by atoms with Crippen molar-refractivity contribution in [2.75, 3.05) is 119 Å². The molecule has 2 aliphatic heterocycles. The number of rotatable bonds is 29. The molecule has 3 fully saturated rings. The van der Waals surface area contributed by atoms with Crippen molar-refractivity contribution >= 4 is 23.2 Å². The van der Waals surface area contributed by atoms with Gasteiger partial charge in [0, 0.05) is 43.3 Å². The van der Waals surface area contributed by atoms with E-state index in [0.717, 1.165) is 44.9 Å². The van der Waals surface area contributed by atoms with Crippen LogP contribution in [0.4, 0.5) is 0 Å². The van der Waals surface area contributed by atoms with E-state index in [1.54, 1.807) is 0 Å². The number of nitrogens with zero attached hydrogens (tertiary/aromatic N) is 2. The summed E-state index contributed by atoms with van der Waals surface area (Å²) in [4.78, 5) is 21.3. The Morgan fingerprint density at radius 3 is 1.78 bits per heavy atom. The second-order valence-corrected chi connectivity index (χ2v) is 14.9. The molecule has 2 aliphatic carbocycles. The van der Waals surface area contributed by atoms with Crippen molar-refractivity contribution < 1.29 is 47.4 Å². The Kier molecular flexibility index (Phi) is 23.3. The molecule has 0 radical (unpaired) electrons. The number of carbonyl (C=O) groups is 1. The fourth-order valence-electron chi connectivity index (χ4n) is 7.87. The van der Waals surface area contributed by atoms with Gasteiger partial charge >= 0.3 is 0 Å². The van der Waals surface area contributed by atoms with Crippen molar-refractivity contribution in [2.24, 2.45) is 16.8 Å². The third kappa shape index (κ3) is 16.4. The molecule has 6 atom stereocenters. The highest BCUT2D eigenvalue weighted by Crippen LogP contribution is 2.41. The molecule has 0 bridgehead atoms. The van der Waals surface area contributed by atoms with Gasteiger partial charge < -0.3 is 47.9 Å². The second-order valence-electron chi connectivity index (χ2n) is 14.3. The van der Waals surface area contributed by atoms with Crippen LogP contribution in [0.1, 0.15) is 65.2 Å². The third-order valence-corrected chi connectivity index (χ3v) is 11.0. The highest BCUT2D eigenvalue weighted by atomic mass is 35.5. The summed E-state index contributed by atoms with van der Waals surface area (Å²) in [7, 11) is 1.82. The van der Waals surface area contributed by atoms with Gasteiger partial charge in [0.05, 0.1) is 130 Å². The summed E-state index contributed by atoms with van der Waals surface area (Å²) in [6, 6.07) is 0.162. The number of hydrogen-bond acceptors (Lipinski definition) is 14. The molecular formula is C38H70ClN5O10. The topological polar surface area (TPSA) is 152 Å². The second kappa shape index (κ2) is 27.6. The molecule has 5 unspecified atom stereocenters. The van der Waals surface area contributed by atoms with E-state index in [2.05, 4.69) is 28.0 Å². The molecule has 4 rings (SSSR count). The van der Waals surface area contributed by atoms with Gasteiger partial charge in [0.15, 0.2) is 0 Å². The van der Waals surface area contributed by atoms with Crippen molar-refractivity contribution in [3.05, 3.63) is 0 Å². The van der Waals surface area contributed by atoms with Crippen molar-refractivity contribution in [1.29, 1.82) is 0 Å². The SMILES string of the molecule is CCOCCOCCOCCOCCOCCOCCOCCOCCNC(=O)C[C@@H]1N=C(C2CCC(Cl)CC2)C2CC(OC)CCC2N2C(C)NNC12. The number of carbonyl (C=O) groups excluding carboxylic acids is 1. The normalized spacial score (nSPS) is 28.7. The van der Waals surface area contributed by atoms with Crippen LogP contribution in [0.2, 0.25) is 0 Å². The van der Waals surface area contributed by atoms with Crippen molar-refractivity contribution in [2.45, 2.75) is 101 Å². The minimum Gasteiger partial charge on any atom is -0.381 e. The number of fused-ring (bicyclic) bond motifs is 3. The number of hydrogen-bond donors (Lipinski definition) is 3. The molecule has 1 saturated heterocycles. The molecule has 314 valence electrons. The van der Waals surface area contributed by atoms with Crippen LogP contribution in [0, 0.1) is 11.8 Å². The zero-order valence-corrected chi connectivity index (χ0v) is 33.9. The molecule has 54 heavy (non-hydrogen) atoms. The van der Waals surface area contributed by atoms with E-state index in [-0.39, 0.29) is 35.8 Å². The predicted molar refractivity (Wildman–Crippen MR) is 206 cm³/mol. The molecule has 15 nitrogen and oxygen atoms in total. The summed E-state index contributed by atoms with van der Waals surface area (Å²) in [6.45, 7) is 12.9. The number of hydrazine groups is 1. The quantitative estimate of drug-likeness (QED) is 0.0753. The number of amides is 1. The maximum atomic E-state index is 13.3. The summed E-state index contributed by atoms with van der Waals surface area (Å²) in [5, 5.41) is 3.30. The highest BCUT2D eigenvalue weighted by Gasteiger charge is 2.50.